The average Bonchev–Trinajstić information content (AvgIpc) is 2.35. The van der Waals surface area contributed by atoms with Crippen LogP contribution in [0.15, 0.2) is 24.3 Å². The minimum atomic E-state index is -0.0491. The number of amides is 2. The van der Waals surface area contributed by atoms with Crippen molar-refractivity contribution in [1.82, 2.24) is 10.4 Å². The standard InChI is InChI=1S/C13H19N3O2/c1-10(17)15(3)13-7-5-6-12(8-13)9-14-16(4)11(2)18/h5-8,14H,9H2,1-4H3. The van der Waals surface area contributed by atoms with E-state index in [1.807, 2.05) is 24.3 Å². The van der Waals surface area contributed by atoms with E-state index >= 15 is 0 Å². The van der Waals surface area contributed by atoms with Gasteiger partial charge in [-0.1, -0.05) is 12.1 Å². The van der Waals surface area contributed by atoms with Crippen molar-refractivity contribution < 1.29 is 9.59 Å². The van der Waals surface area contributed by atoms with Crippen LogP contribution in [0.25, 0.3) is 0 Å². The van der Waals surface area contributed by atoms with Crippen LogP contribution in [0.4, 0.5) is 5.69 Å². The number of nitrogens with one attached hydrogen (secondary N) is 1. The maximum Gasteiger partial charge on any atom is 0.233 e. The monoisotopic (exact) mass is 249 g/mol. The minimum absolute atomic E-state index is 0.0130. The lowest BCUT2D eigenvalue weighted by Gasteiger charge is -2.18. The van der Waals surface area contributed by atoms with Gasteiger partial charge in [-0.2, -0.15) is 0 Å². The van der Waals surface area contributed by atoms with Gasteiger partial charge in [0.05, 0.1) is 0 Å². The first kappa shape index (κ1) is 14.2. The van der Waals surface area contributed by atoms with Crippen LogP contribution in [-0.4, -0.2) is 30.9 Å². The summed E-state index contributed by atoms with van der Waals surface area (Å²) in [4.78, 5) is 23.9. The molecule has 2 amide bonds. The Morgan fingerprint density at radius 3 is 2.39 bits per heavy atom. The Hall–Kier alpha value is -1.88. The fourth-order valence-corrected chi connectivity index (χ4v) is 1.38. The van der Waals surface area contributed by atoms with Gasteiger partial charge in [0.1, 0.15) is 0 Å². The number of hydrogen-bond donors (Lipinski definition) is 1. The average molecular weight is 249 g/mol. The van der Waals surface area contributed by atoms with Gasteiger partial charge in [0.25, 0.3) is 0 Å². The highest BCUT2D eigenvalue weighted by atomic mass is 16.2. The molecule has 0 bridgehead atoms. The second-order valence-electron chi connectivity index (χ2n) is 4.16. The fraction of sp³-hybridized carbons (Fsp3) is 0.385. The summed E-state index contributed by atoms with van der Waals surface area (Å²) in [5.41, 5.74) is 4.82. The lowest BCUT2D eigenvalue weighted by molar-refractivity contribution is -0.130. The maximum absolute atomic E-state index is 11.3. The van der Waals surface area contributed by atoms with Crippen LogP contribution in [-0.2, 0) is 16.1 Å². The molecule has 0 saturated heterocycles. The smallest absolute Gasteiger partial charge is 0.233 e. The van der Waals surface area contributed by atoms with E-state index in [2.05, 4.69) is 5.43 Å². The van der Waals surface area contributed by atoms with Crippen molar-refractivity contribution in [3.63, 3.8) is 0 Å². The molecule has 98 valence electrons. The summed E-state index contributed by atoms with van der Waals surface area (Å²) in [6, 6.07) is 7.62. The molecule has 1 rings (SSSR count). The zero-order valence-corrected chi connectivity index (χ0v) is 11.2. The van der Waals surface area contributed by atoms with Gasteiger partial charge in [0.15, 0.2) is 0 Å². The fourth-order valence-electron chi connectivity index (χ4n) is 1.38. The Balaban J connectivity index is 2.71. The summed E-state index contributed by atoms with van der Waals surface area (Å²) in [5, 5.41) is 1.43. The first-order valence-corrected chi connectivity index (χ1v) is 5.73. The van der Waals surface area contributed by atoms with Crippen molar-refractivity contribution in [2.75, 3.05) is 19.0 Å². The lowest BCUT2D eigenvalue weighted by Crippen LogP contribution is -2.37. The Morgan fingerprint density at radius 1 is 1.17 bits per heavy atom. The first-order valence-electron chi connectivity index (χ1n) is 5.73. The van der Waals surface area contributed by atoms with E-state index < -0.39 is 0 Å². The predicted molar refractivity (Wildman–Crippen MR) is 70.8 cm³/mol. The van der Waals surface area contributed by atoms with Gasteiger partial charge in [0.2, 0.25) is 11.8 Å². The summed E-state index contributed by atoms with van der Waals surface area (Å²) in [7, 11) is 3.41. The predicted octanol–water partition coefficient (Wildman–Crippen LogP) is 1.15. The van der Waals surface area contributed by atoms with E-state index in [0.717, 1.165) is 11.3 Å². The van der Waals surface area contributed by atoms with Gasteiger partial charge in [-0.25, -0.2) is 5.43 Å². The third-order valence-electron chi connectivity index (χ3n) is 2.76. The summed E-state index contributed by atoms with van der Waals surface area (Å²) < 4.78 is 0. The van der Waals surface area contributed by atoms with E-state index in [-0.39, 0.29) is 11.8 Å². The Labute approximate surface area is 107 Å². The largest absolute Gasteiger partial charge is 0.316 e. The number of hydrogen-bond acceptors (Lipinski definition) is 3. The summed E-state index contributed by atoms with van der Waals surface area (Å²) >= 11 is 0. The molecule has 0 saturated carbocycles. The molecule has 18 heavy (non-hydrogen) atoms. The van der Waals surface area contributed by atoms with Crippen LogP contribution >= 0.6 is 0 Å². The zero-order chi connectivity index (χ0) is 13.7. The molecule has 1 aromatic rings. The topological polar surface area (TPSA) is 52.7 Å². The molecule has 0 radical (unpaired) electrons. The second-order valence-corrected chi connectivity index (χ2v) is 4.16. The number of rotatable bonds is 4. The SMILES string of the molecule is CC(=O)N(C)NCc1cccc(N(C)C(C)=O)c1. The zero-order valence-electron chi connectivity index (χ0n) is 11.2. The third-order valence-corrected chi connectivity index (χ3v) is 2.76. The molecule has 0 aliphatic rings. The van der Waals surface area contributed by atoms with E-state index in [1.54, 1.807) is 19.0 Å². The Bertz CT molecular complexity index is 446. The molecule has 5 heteroatoms. The lowest BCUT2D eigenvalue weighted by atomic mass is 10.2. The van der Waals surface area contributed by atoms with Crippen molar-refractivity contribution in [2.24, 2.45) is 0 Å². The van der Waals surface area contributed by atoms with Crippen LogP contribution in [0.2, 0.25) is 0 Å². The molecule has 0 aromatic heterocycles. The first-order chi connectivity index (χ1) is 8.41. The van der Waals surface area contributed by atoms with Crippen LogP contribution in [0.1, 0.15) is 19.4 Å². The number of nitrogens with zero attached hydrogens (tertiary/aromatic N) is 2. The molecular weight excluding hydrogens is 230 g/mol. The van der Waals surface area contributed by atoms with Crippen molar-refractivity contribution in [2.45, 2.75) is 20.4 Å². The Morgan fingerprint density at radius 2 is 1.83 bits per heavy atom. The van der Waals surface area contributed by atoms with Gasteiger partial charge < -0.3 is 4.90 Å². The van der Waals surface area contributed by atoms with Gasteiger partial charge in [-0.15, -0.1) is 0 Å². The number of carbonyl (C=O) groups is 2. The molecule has 0 heterocycles. The highest BCUT2D eigenvalue weighted by molar-refractivity contribution is 5.90. The third kappa shape index (κ3) is 3.85. The van der Waals surface area contributed by atoms with Gasteiger partial charge in [-0.05, 0) is 17.7 Å². The summed E-state index contributed by atoms with van der Waals surface area (Å²) in [6.45, 7) is 3.55. The Kier molecular flexibility index (Phi) is 4.85. The highest BCUT2D eigenvalue weighted by Gasteiger charge is 2.06. The molecule has 1 N–H and O–H groups in total. The van der Waals surface area contributed by atoms with Crippen LogP contribution < -0.4 is 10.3 Å². The van der Waals surface area contributed by atoms with E-state index in [4.69, 9.17) is 0 Å². The van der Waals surface area contributed by atoms with Crippen LogP contribution in [0, 0.1) is 0 Å². The van der Waals surface area contributed by atoms with Gasteiger partial charge in [-0.3, -0.25) is 14.6 Å². The van der Waals surface area contributed by atoms with Crippen LogP contribution in [0.5, 0.6) is 0 Å². The molecular formula is C13H19N3O2. The molecule has 1 aromatic carbocycles. The van der Waals surface area contributed by atoms with E-state index in [0.29, 0.717) is 6.54 Å². The quantitative estimate of drug-likeness (QED) is 0.814. The maximum atomic E-state index is 11.3. The highest BCUT2D eigenvalue weighted by Crippen LogP contribution is 2.14. The van der Waals surface area contributed by atoms with Gasteiger partial charge >= 0.3 is 0 Å². The molecule has 0 atom stereocenters. The van der Waals surface area contributed by atoms with Crippen LogP contribution in [0.3, 0.4) is 0 Å². The van der Waals surface area contributed by atoms with Gasteiger partial charge in [0, 0.05) is 40.2 Å². The van der Waals surface area contributed by atoms with E-state index in [9.17, 15) is 9.59 Å². The summed E-state index contributed by atoms with van der Waals surface area (Å²) in [5.74, 6) is -0.0621. The molecule has 5 nitrogen and oxygen atoms in total. The van der Waals surface area contributed by atoms with E-state index in [1.165, 1.54) is 18.9 Å². The molecule has 0 spiro atoms. The number of anilines is 1. The normalized spacial score (nSPS) is 10.0. The minimum Gasteiger partial charge on any atom is -0.316 e. The number of benzene rings is 1. The van der Waals surface area contributed by atoms with Crippen molar-refractivity contribution in [3.05, 3.63) is 29.8 Å². The van der Waals surface area contributed by atoms with Crippen molar-refractivity contribution >= 4 is 17.5 Å². The number of carbonyl (C=O) groups excluding carboxylic acids is 2. The molecule has 0 aliphatic heterocycles. The molecule has 0 fully saturated rings. The molecule has 0 aliphatic carbocycles. The number of hydrazine groups is 1. The second kappa shape index (κ2) is 6.16. The summed E-state index contributed by atoms with van der Waals surface area (Å²) in [6.07, 6.45) is 0. The van der Waals surface area contributed by atoms with Crippen molar-refractivity contribution in [3.8, 4) is 0 Å². The molecule has 0 unspecified atom stereocenters. The van der Waals surface area contributed by atoms with Crippen molar-refractivity contribution in [1.29, 1.82) is 0 Å².